The molecule has 0 unspecified atom stereocenters. The van der Waals surface area contributed by atoms with Crippen LogP contribution >= 0.6 is 0 Å². The Labute approximate surface area is 123 Å². The third-order valence-electron chi connectivity index (χ3n) is 2.84. The Hall–Kier alpha value is -2.18. The molecule has 1 N–H and O–H groups in total. The molecule has 0 heterocycles. The van der Waals surface area contributed by atoms with Crippen LogP contribution in [0.3, 0.4) is 0 Å². The first-order valence-electron chi connectivity index (χ1n) is 6.48. The van der Waals surface area contributed by atoms with Gasteiger partial charge in [-0.05, 0) is 11.5 Å². The zero-order valence-corrected chi connectivity index (χ0v) is 12.9. The summed E-state index contributed by atoms with van der Waals surface area (Å²) in [6.07, 6.45) is 0. The highest BCUT2D eigenvalue weighted by Gasteiger charge is 2.27. The number of nitrogens with zero attached hydrogens (tertiary/aromatic N) is 2. The van der Waals surface area contributed by atoms with Crippen molar-refractivity contribution >= 4 is 17.3 Å². The molecule has 1 aromatic rings. The summed E-state index contributed by atoms with van der Waals surface area (Å²) in [6.45, 7) is 6.29. The molecule has 0 radical (unpaired) electrons. The van der Waals surface area contributed by atoms with Crippen LogP contribution in [0.1, 0.15) is 31.1 Å². The molecular weight excluding hydrogens is 277 g/mol. The number of halogens is 1. The maximum atomic E-state index is 13.6. The number of carbonyl (C=O) groups is 1. The number of hydrogen-bond acceptors (Lipinski definition) is 4. The summed E-state index contributed by atoms with van der Waals surface area (Å²) in [5, 5.41) is 13.6. The predicted octanol–water partition coefficient (Wildman–Crippen LogP) is 2.89. The molecule has 0 aliphatic heterocycles. The second-order valence-corrected chi connectivity index (χ2v) is 6.08. The quantitative estimate of drug-likeness (QED) is 0.685. The molecular formula is C14H20FN3O3. The molecule has 6 nitrogen and oxygen atoms in total. The largest absolute Gasteiger partial charge is 0.386 e. The van der Waals surface area contributed by atoms with E-state index in [1.165, 1.54) is 18.0 Å². The minimum Gasteiger partial charge on any atom is -0.386 e. The number of rotatable bonds is 4. The second-order valence-electron chi connectivity index (χ2n) is 6.08. The predicted molar refractivity (Wildman–Crippen MR) is 79.0 cm³/mol. The lowest BCUT2D eigenvalue weighted by Crippen LogP contribution is -2.34. The van der Waals surface area contributed by atoms with Gasteiger partial charge in [0.15, 0.2) is 5.82 Å². The Balaban J connectivity index is 3.27. The number of amides is 1. The molecule has 7 heteroatoms. The highest BCUT2D eigenvalue weighted by Crippen LogP contribution is 2.27. The van der Waals surface area contributed by atoms with Gasteiger partial charge in [-0.25, -0.2) is 4.39 Å². The highest BCUT2D eigenvalue weighted by molar-refractivity contribution is 5.99. The van der Waals surface area contributed by atoms with Gasteiger partial charge in [-0.15, -0.1) is 0 Å². The zero-order chi connectivity index (χ0) is 16.4. The summed E-state index contributed by atoms with van der Waals surface area (Å²) in [6, 6.07) is 1.94. The summed E-state index contributed by atoms with van der Waals surface area (Å²) >= 11 is 0. The molecule has 0 saturated heterocycles. The van der Waals surface area contributed by atoms with Crippen molar-refractivity contribution in [1.82, 2.24) is 4.90 Å². The van der Waals surface area contributed by atoms with Crippen LogP contribution in [0.15, 0.2) is 12.1 Å². The average molecular weight is 297 g/mol. The topological polar surface area (TPSA) is 75.5 Å². The van der Waals surface area contributed by atoms with Crippen LogP contribution in [0.2, 0.25) is 0 Å². The Kier molecular flexibility index (Phi) is 4.88. The fraction of sp³-hybridized carbons (Fsp3) is 0.500. The van der Waals surface area contributed by atoms with Gasteiger partial charge < -0.3 is 10.2 Å². The fourth-order valence-corrected chi connectivity index (χ4v) is 2.07. The summed E-state index contributed by atoms with van der Waals surface area (Å²) < 4.78 is 13.6. The molecule has 21 heavy (non-hydrogen) atoms. The van der Waals surface area contributed by atoms with Crippen molar-refractivity contribution in [2.45, 2.75) is 20.8 Å². The van der Waals surface area contributed by atoms with Crippen molar-refractivity contribution in [3.63, 3.8) is 0 Å². The van der Waals surface area contributed by atoms with Gasteiger partial charge in [0.25, 0.3) is 11.6 Å². The smallest absolute Gasteiger partial charge is 0.285 e. The molecule has 0 atom stereocenters. The van der Waals surface area contributed by atoms with E-state index < -0.39 is 22.3 Å². The molecule has 116 valence electrons. The fourth-order valence-electron chi connectivity index (χ4n) is 2.07. The first kappa shape index (κ1) is 16.9. The molecule has 1 aromatic carbocycles. The summed E-state index contributed by atoms with van der Waals surface area (Å²) in [4.78, 5) is 24.1. The van der Waals surface area contributed by atoms with Crippen LogP contribution in [0.5, 0.6) is 0 Å². The van der Waals surface area contributed by atoms with Crippen LogP contribution in [0.4, 0.5) is 15.8 Å². The summed E-state index contributed by atoms with van der Waals surface area (Å²) in [5.41, 5.74) is -0.756. The second kappa shape index (κ2) is 6.07. The lowest BCUT2D eigenvalue weighted by Gasteiger charge is -2.26. The number of anilines is 1. The van der Waals surface area contributed by atoms with Gasteiger partial charge >= 0.3 is 0 Å². The van der Waals surface area contributed by atoms with Gasteiger partial charge in [-0.3, -0.25) is 14.9 Å². The number of nitrogens with one attached hydrogen (secondary N) is 1. The molecule has 0 saturated carbocycles. The molecule has 0 bridgehead atoms. The Bertz CT molecular complexity index is 567. The van der Waals surface area contributed by atoms with E-state index in [4.69, 9.17) is 0 Å². The number of nitro groups is 1. The van der Waals surface area contributed by atoms with Gasteiger partial charge in [0, 0.05) is 20.6 Å². The monoisotopic (exact) mass is 297 g/mol. The van der Waals surface area contributed by atoms with Crippen molar-refractivity contribution in [2.24, 2.45) is 5.41 Å². The summed E-state index contributed by atoms with van der Waals surface area (Å²) in [7, 11) is 3.05. The minimum atomic E-state index is -0.765. The molecule has 0 aliphatic carbocycles. The zero-order valence-electron chi connectivity index (χ0n) is 12.9. The standard InChI is InChI=1S/C14H20FN3O3/c1-14(2,3)8-17(5)13(19)9-6-11(16-4)10(15)7-12(9)18(20)21/h6-7,16H,8H2,1-5H3. The third kappa shape index (κ3) is 4.14. The van der Waals surface area contributed by atoms with Gasteiger partial charge in [0.1, 0.15) is 5.56 Å². The SMILES string of the molecule is CNc1cc(C(=O)N(C)CC(C)(C)C)c([N+](=O)[O-])cc1F. The van der Waals surface area contributed by atoms with E-state index >= 15 is 0 Å². The first-order chi connectivity index (χ1) is 9.56. The third-order valence-corrected chi connectivity index (χ3v) is 2.84. The Morgan fingerprint density at radius 3 is 2.43 bits per heavy atom. The van der Waals surface area contributed by atoms with E-state index in [0.717, 1.165) is 6.07 Å². The molecule has 0 aliphatic rings. The lowest BCUT2D eigenvalue weighted by atomic mass is 9.96. The van der Waals surface area contributed by atoms with E-state index in [2.05, 4.69) is 5.32 Å². The summed E-state index contributed by atoms with van der Waals surface area (Å²) in [5.74, 6) is -1.27. The molecule has 0 fully saturated rings. The van der Waals surface area contributed by atoms with Crippen molar-refractivity contribution in [3.8, 4) is 0 Å². The highest BCUT2D eigenvalue weighted by atomic mass is 19.1. The lowest BCUT2D eigenvalue weighted by molar-refractivity contribution is -0.385. The van der Waals surface area contributed by atoms with E-state index in [0.29, 0.717) is 6.54 Å². The van der Waals surface area contributed by atoms with E-state index in [-0.39, 0.29) is 16.7 Å². The van der Waals surface area contributed by atoms with E-state index in [1.807, 2.05) is 20.8 Å². The van der Waals surface area contributed by atoms with Crippen molar-refractivity contribution < 1.29 is 14.1 Å². The maximum absolute atomic E-state index is 13.6. The van der Waals surface area contributed by atoms with Gasteiger partial charge in [-0.1, -0.05) is 20.8 Å². The van der Waals surface area contributed by atoms with Gasteiger partial charge in [-0.2, -0.15) is 0 Å². The number of hydrogen-bond donors (Lipinski definition) is 1. The molecule has 0 spiro atoms. The van der Waals surface area contributed by atoms with Crippen LogP contribution in [-0.4, -0.2) is 36.4 Å². The number of carbonyl (C=O) groups excluding carboxylic acids is 1. The van der Waals surface area contributed by atoms with Crippen molar-refractivity contribution in [1.29, 1.82) is 0 Å². The van der Waals surface area contributed by atoms with Crippen molar-refractivity contribution in [3.05, 3.63) is 33.6 Å². The first-order valence-corrected chi connectivity index (χ1v) is 6.48. The molecule has 1 amide bonds. The molecule has 1 rings (SSSR count). The Morgan fingerprint density at radius 1 is 1.43 bits per heavy atom. The van der Waals surface area contributed by atoms with Crippen LogP contribution < -0.4 is 5.32 Å². The number of benzene rings is 1. The van der Waals surface area contributed by atoms with Crippen molar-refractivity contribution in [2.75, 3.05) is 26.0 Å². The normalized spacial score (nSPS) is 11.1. The van der Waals surface area contributed by atoms with Gasteiger partial charge in [0.05, 0.1) is 16.7 Å². The number of nitro benzene ring substituents is 1. The molecule has 0 aromatic heterocycles. The van der Waals surface area contributed by atoms with E-state index in [9.17, 15) is 19.3 Å². The Morgan fingerprint density at radius 2 is 2.00 bits per heavy atom. The van der Waals surface area contributed by atoms with Gasteiger partial charge in [0.2, 0.25) is 0 Å². The van der Waals surface area contributed by atoms with Crippen LogP contribution in [0.25, 0.3) is 0 Å². The van der Waals surface area contributed by atoms with E-state index in [1.54, 1.807) is 7.05 Å². The van der Waals surface area contributed by atoms with Crippen LogP contribution in [-0.2, 0) is 0 Å². The minimum absolute atomic E-state index is 0.0492. The van der Waals surface area contributed by atoms with Crippen LogP contribution in [0, 0.1) is 21.3 Å². The maximum Gasteiger partial charge on any atom is 0.285 e. The average Bonchev–Trinajstić information content (AvgIpc) is 2.35.